The fourth-order valence-corrected chi connectivity index (χ4v) is 1.60. The number of hydrogen-bond acceptors (Lipinski definition) is 3. The molecule has 0 aromatic carbocycles. The predicted octanol–water partition coefficient (Wildman–Crippen LogP) is 1.07. The molecular formula is C10H20N2S. The van der Waals surface area contributed by atoms with Gasteiger partial charge in [-0.15, -0.1) is 6.42 Å². The average molecular weight is 200 g/mol. The molecule has 0 aliphatic rings. The van der Waals surface area contributed by atoms with Gasteiger partial charge in [0, 0.05) is 12.6 Å². The molecule has 0 saturated heterocycles. The first kappa shape index (κ1) is 12.8. The van der Waals surface area contributed by atoms with Crippen molar-refractivity contribution in [2.45, 2.75) is 31.8 Å². The summed E-state index contributed by atoms with van der Waals surface area (Å²) >= 11 is 1.87. The Balaban J connectivity index is 3.58. The van der Waals surface area contributed by atoms with Gasteiger partial charge in [-0.25, -0.2) is 0 Å². The standard InChI is InChI=1S/C10H20N2S/c1-4-9(2)12-10(8-11)6-5-7-13-3/h1,9-10,12H,5-8,11H2,2-3H3. The van der Waals surface area contributed by atoms with Gasteiger partial charge in [-0.3, -0.25) is 5.32 Å². The van der Waals surface area contributed by atoms with Crippen LogP contribution in [0.5, 0.6) is 0 Å². The molecule has 0 amide bonds. The van der Waals surface area contributed by atoms with E-state index in [1.165, 1.54) is 12.2 Å². The largest absolute Gasteiger partial charge is 0.329 e. The van der Waals surface area contributed by atoms with Crippen LogP contribution in [0.2, 0.25) is 0 Å². The van der Waals surface area contributed by atoms with E-state index in [1.54, 1.807) is 0 Å². The number of thioether (sulfide) groups is 1. The van der Waals surface area contributed by atoms with Crippen LogP contribution in [0, 0.1) is 12.3 Å². The van der Waals surface area contributed by atoms with Gasteiger partial charge in [-0.2, -0.15) is 11.8 Å². The van der Waals surface area contributed by atoms with Crippen LogP contribution < -0.4 is 11.1 Å². The molecule has 13 heavy (non-hydrogen) atoms. The van der Waals surface area contributed by atoms with Gasteiger partial charge in [-0.05, 0) is 31.8 Å². The average Bonchev–Trinajstić information content (AvgIpc) is 2.16. The van der Waals surface area contributed by atoms with E-state index in [0.29, 0.717) is 12.6 Å². The van der Waals surface area contributed by atoms with Crippen LogP contribution in [-0.4, -0.2) is 30.6 Å². The van der Waals surface area contributed by atoms with Crippen LogP contribution in [0.25, 0.3) is 0 Å². The van der Waals surface area contributed by atoms with Crippen molar-refractivity contribution in [3.63, 3.8) is 0 Å². The molecule has 0 aromatic rings. The molecule has 0 radical (unpaired) electrons. The molecule has 0 aromatic heterocycles. The molecule has 0 aliphatic carbocycles. The maximum atomic E-state index is 5.62. The monoisotopic (exact) mass is 200 g/mol. The Morgan fingerprint density at radius 3 is 2.77 bits per heavy atom. The molecular weight excluding hydrogens is 180 g/mol. The predicted molar refractivity (Wildman–Crippen MR) is 61.9 cm³/mol. The lowest BCUT2D eigenvalue weighted by molar-refractivity contribution is 0.467. The second-order valence-corrected chi connectivity index (χ2v) is 4.11. The topological polar surface area (TPSA) is 38.0 Å². The number of hydrogen-bond donors (Lipinski definition) is 2. The molecule has 0 spiro atoms. The van der Waals surface area contributed by atoms with Crippen molar-refractivity contribution in [2.24, 2.45) is 5.73 Å². The molecule has 2 nitrogen and oxygen atoms in total. The zero-order valence-electron chi connectivity index (χ0n) is 8.55. The van der Waals surface area contributed by atoms with Gasteiger partial charge < -0.3 is 5.73 Å². The smallest absolute Gasteiger partial charge is 0.0660 e. The van der Waals surface area contributed by atoms with E-state index in [0.717, 1.165) is 6.42 Å². The molecule has 3 heteroatoms. The van der Waals surface area contributed by atoms with Crippen LogP contribution >= 0.6 is 11.8 Å². The second kappa shape index (κ2) is 8.43. The number of nitrogens with one attached hydrogen (secondary N) is 1. The van der Waals surface area contributed by atoms with Gasteiger partial charge >= 0.3 is 0 Å². The SMILES string of the molecule is C#CC(C)NC(CN)CCCSC. The highest BCUT2D eigenvalue weighted by molar-refractivity contribution is 7.98. The van der Waals surface area contributed by atoms with Crippen molar-refractivity contribution in [3.8, 4) is 12.3 Å². The Labute approximate surface area is 86.0 Å². The molecule has 0 fully saturated rings. The van der Waals surface area contributed by atoms with E-state index < -0.39 is 0 Å². The quantitative estimate of drug-likeness (QED) is 0.477. The highest BCUT2D eigenvalue weighted by Crippen LogP contribution is 2.02. The molecule has 2 atom stereocenters. The third kappa shape index (κ3) is 6.94. The minimum atomic E-state index is 0.128. The zero-order chi connectivity index (χ0) is 10.1. The normalized spacial score (nSPS) is 14.9. The molecule has 76 valence electrons. The van der Waals surface area contributed by atoms with Crippen LogP contribution in [0.15, 0.2) is 0 Å². The minimum Gasteiger partial charge on any atom is -0.329 e. The van der Waals surface area contributed by atoms with E-state index in [-0.39, 0.29) is 6.04 Å². The third-order valence-electron chi connectivity index (χ3n) is 1.92. The fourth-order valence-electron chi connectivity index (χ4n) is 1.14. The van der Waals surface area contributed by atoms with Crippen molar-refractivity contribution < 1.29 is 0 Å². The summed E-state index contributed by atoms with van der Waals surface area (Å²) in [6.07, 6.45) is 9.71. The van der Waals surface area contributed by atoms with Crippen molar-refractivity contribution in [1.82, 2.24) is 5.32 Å². The molecule has 0 saturated carbocycles. The van der Waals surface area contributed by atoms with Crippen molar-refractivity contribution in [2.75, 3.05) is 18.6 Å². The Bertz CT molecular complexity index is 153. The van der Waals surface area contributed by atoms with E-state index in [4.69, 9.17) is 12.2 Å². The number of rotatable bonds is 7. The summed E-state index contributed by atoms with van der Waals surface area (Å²) in [5, 5.41) is 3.30. The van der Waals surface area contributed by atoms with Crippen LogP contribution in [0.1, 0.15) is 19.8 Å². The third-order valence-corrected chi connectivity index (χ3v) is 2.62. The fraction of sp³-hybridized carbons (Fsp3) is 0.800. The van der Waals surface area contributed by atoms with Gasteiger partial charge in [0.2, 0.25) is 0 Å². The molecule has 3 N–H and O–H groups in total. The summed E-state index contributed by atoms with van der Waals surface area (Å²) in [6, 6.07) is 0.501. The number of nitrogens with two attached hydrogens (primary N) is 1. The van der Waals surface area contributed by atoms with Gasteiger partial charge in [0.15, 0.2) is 0 Å². The highest BCUT2D eigenvalue weighted by Gasteiger charge is 2.07. The van der Waals surface area contributed by atoms with Crippen LogP contribution in [-0.2, 0) is 0 Å². The molecule has 0 rings (SSSR count). The minimum absolute atomic E-state index is 0.128. The summed E-state index contributed by atoms with van der Waals surface area (Å²) in [6.45, 7) is 2.65. The van der Waals surface area contributed by atoms with Gasteiger partial charge in [0.1, 0.15) is 0 Å². The first-order valence-electron chi connectivity index (χ1n) is 4.65. The molecule has 0 aliphatic heterocycles. The van der Waals surface area contributed by atoms with E-state index in [2.05, 4.69) is 17.5 Å². The molecule has 0 bridgehead atoms. The van der Waals surface area contributed by atoms with Crippen molar-refractivity contribution >= 4 is 11.8 Å². The van der Waals surface area contributed by atoms with Crippen molar-refractivity contribution in [1.29, 1.82) is 0 Å². The van der Waals surface area contributed by atoms with Crippen LogP contribution in [0.3, 0.4) is 0 Å². The van der Waals surface area contributed by atoms with Crippen LogP contribution in [0.4, 0.5) is 0 Å². The van der Waals surface area contributed by atoms with E-state index in [9.17, 15) is 0 Å². The summed E-state index contributed by atoms with van der Waals surface area (Å²) in [7, 11) is 0. The maximum Gasteiger partial charge on any atom is 0.0660 e. The zero-order valence-corrected chi connectivity index (χ0v) is 9.36. The van der Waals surface area contributed by atoms with E-state index >= 15 is 0 Å². The highest BCUT2D eigenvalue weighted by atomic mass is 32.2. The molecule has 2 unspecified atom stereocenters. The van der Waals surface area contributed by atoms with E-state index in [1.807, 2.05) is 18.7 Å². The summed E-state index contributed by atoms with van der Waals surface area (Å²) < 4.78 is 0. The number of terminal acetylenes is 1. The summed E-state index contributed by atoms with van der Waals surface area (Å²) in [4.78, 5) is 0. The Hall–Kier alpha value is -0.170. The van der Waals surface area contributed by atoms with Gasteiger partial charge in [0.25, 0.3) is 0 Å². The lowest BCUT2D eigenvalue weighted by Crippen LogP contribution is -2.40. The summed E-state index contributed by atoms with van der Waals surface area (Å²) in [5.74, 6) is 3.85. The Kier molecular flexibility index (Phi) is 8.32. The summed E-state index contributed by atoms with van der Waals surface area (Å²) in [5.41, 5.74) is 5.62. The maximum absolute atomic E-state index is 5.62. The molecule has 0 heterocycles. The second-order valence-electron chi connectivity index (χ2n) is 3.12. The Morgan fingerprint density at radius 2 is 2.31 bits per heavy atom. The van der Waals surface area contributed by atoms with Crippen molar-refractivity contribution in [3.05, 3.63) is 0 Å². The Morgan fingerprint density at radius 1 is 1.62 bits per heavy atom. The van der Waals surface area contributed by atoms with Gasteiger partial charge in [-0.1, -0.05) is 5.92 Å². The van der Waals surface area contributed by atoms with Gasteiger partial charge in [0.05, 0.1) is 6.04 Å². The lowest BCUT2D eigenvalue weighted by atomic mass is 10.1. The lowest BCUT2D eigenvalue weighted by Gasteiger charge is -2.18. The first-order valence-corrected chi connectivity index (χ1v) is 6.05. The first-order chi connectivity index (χ1) is 6.24.